The third kappa shape index (κ3) is 1.60. The molecule has 1 atom stereocenters. The molecule has 6 heteroatoms. The topological polar surface area (TPSA) is 77.9 Å². The van der Waals surface area contributed by atoms with Gasteiger partial charge in [-0.15, -0.1) is 0 Å². The standard InChI is InChI=1S/C11H14N2O4/c1-6(11(16)17)13-5-3-4-7-8(13)10(15)12(2)9(7)14/h6H,3-5H2,1-2H3,(H,16,17). The summed E-state index contributed by atoms with van der Waals surface area (Å²) in [5.41, 5.74) is 0.732. The summed E-state index contributed by atoms with van der Waals surface area (Å²) in [7, 11) is 1.42. The van der Waals surface area contributed by atoms with Crippen LogP contribution in [0.15, 0.2) is 11.3 Å². The van der Waals surface area contributed by atoms with Crippen molar-refractivity contribution >= 4 is 17.8 Å². The number of carboxylic acid groups (broad SMARTS) is 1. The van der Waals surface area contributed by atoms with E-state index in [0.717, 1.165) is 4.90 Å². The molecule has 2 amide bonds. The predicted octanol–water partition coefficient (Wildman–Crippen LogP) is -0.192. The normalized spacial score (nSPS) is 22.0. The molecule has 0 spiro atoms. The van der Waals surface area contributed by atoms with Crippen molar-refractivity contribution in [2.45, 2.75) is 25.8 Å². The molecule has 0 aromatic rings. The molecule has 0 fully saturated rings. The molecular weight excluding hydrogens is 224 g/mol. The fourth-order valence-corrected chi connectivity index (χ4v) is 2.26. The number of imide groups is 1. The molecule has 2 rings (SSSR count). The Labute approximate surface area is 98.5 Å². The highest BCUT2D eigenvalue weighted by atomic mass is 16.4. The van der Waals surface area contributed by atoms with E-state index in [0.29, 0.717) is 25.0 Å². The average Bonchev–Trinajstić information content (AvgIpc) is 2.53. The van der Waals surface area contributed by atoms with Gasteiger partial charge in [0.25, 0.3) is 11.8 Å². The van der Waals surface area contributed by atoms with Crippen molar-refractivity contribution in [1.29, 1.82) is 0 Å². The van der Waals surface area contributed by atoms with Crippen LogP contribution in [0, 0.1) is 0 Å². The van der Waals surface area contributed by atoms with Crippen molar-refractivity contribution < 1.29 is 19.5 Å². The summed E-state index contributed by atoms with van der Waals surface area (Å²) in [5, 5.41) is 9.00. The number of nitrogens with zero attached hydrogens (tertiary/aromatic N) is 2. The Kier molecular flexibility index (Phi) is 2.65. The number of likely N-dealkylation sites (N-methyl/N-ethyl adjacent to an activating group) is 1. The molecule has 0 saturated carbocycles. The molecule has 17 heavy (non-hydrogen) atoms. The van der Waals surface area contributed by atoms with E-state index in [9.17, 15) is 14.4 Å². The van der Waals surface area contributed by atoms with Crippen LogP contribution >= 0.6 is 0 Å². The molecule has 0 aromatic heterocycles. The Morgan fingerprint density at radius 1 is 1.35 bits per heavy atom. The number of carbonyl (C=O) groups is 3. The smallest absolute Gasteiger partial charge is 0.326 e. The van der Waals surface area contributed by atoms with E-state index in [-0.39, 0.29) is 11.6 Å². The Bertz CT molecular complexity index is 441. The highest BCUT2D eigenvalue weighted by molar-refractivity contribution is 6.19. The summed E-state index contributed by atoms with van der Waals surface area (Å²) in [6.45, 7) is 2.02. The van der Waals surface area contributed by atoms with E-state index in [1.54, 1.807) is 0 Å². The molecule has 0 aromatic carbocycles. The number of carbonyl (C=O) groups excluding carboxylic acids is 2. The van der Waals surface area contributed by atoms with Gasteiger partial charge in [0.05, 0.1) is 0 Å². The van der Waals surface area contributed by atoms with Crippen LogP contribution in [0.4, 0.5) is 0 Å². The van der Waals surface area contributed by atoms with Crippen LogP contribution in [0.5, 0.6) is 0 Å². The number of hydrogen-bond acceptors (Lipinski definition) is 4. The molecule has 2 heterocycles. The van der Waals surface area contributed by atoms with Crippen LogP contribution in [-0.4, -0.2) is 52.3 Å². The number of hydrogen-bond donors (Lipinski definition) is 1. The molecule has 2 aliphatic rings. The predicted molar refractivity (Wildman–Crippen MR) is 57.8 cm³/mol. The van der Waals surface area contributed by atoms with Crippen molar-refractivity contribution in [3.05, 3.63) is 11.3 Å². The molecule has 2 aliphatic heterocycles. The molecule has 0 bridgehead atoms. The second kappa shape index (κ2) is 3.87. The first-order valence-corrected chi connectivity index (χ1v) is 5.50. The Balaban J connectivity index is 2.41. The lowest BCUT2D eigenvalue weighted by Gasteiger charge is -2.32. The molecule has 1 N–H and O–H groups in total. The van der Waals surface area contributed by atoms with Crippen LogP contribution in [0.1, 0.15) is 19.8 Å². The van der Waals surface area contributed by atoms with Crippen molar-refractivity contribution in [3.8, 4) is 0 Å². The molecule has 0 aliphatic carbocycles. The van der Waals surface area contributed by atoms with Crippen molar-refractivity contribution in [2.24, 2.45) is 0 Å². The van der Waals surface area contributed by atoms with Crippen molar-refractivity contribution in [1.82, 2.24) is 9.80 Å². The summed E-state index contributed by atoms with van der Waals surface area (Å²) in [5.74, 6) is -1.68. The Hall–Kier alpha value is -1.85. The highest BCUT2D eigenvalue weighted by Crippen LogP contribution is 2.31. The molecule has 0 radical (unpaired) electrons. The summed E-state index contributed by atoms with van der Waals surface area (Å²) in [6.07, 6.45) is 1.25. The average molecular weight is 238 g/mol. The number of rotatable bonds is 2. The van der Waals surface area contributed by atoms with Gasteiger partial charge in [-0.05, 0) is 19.8 Å². The minimum absolute atomic E-state index is 0.277. The van der Waals surface area contributed by atoms with Gasteiger partial charge in [-0.2, -0.15) is 0 Å². The maximum atomic E-state index is 11.9. The Morgan fingerprint density at radius 3 is 2.59 bits per heavy atom. The van der Waals surface area contributed by atoms with Crippen molar-refractivity contribution in [2.75, 3.05) is 13.6 Å². The van der Waals surface area contributed by atoms with Gasteiger partial charge in [0, 0.05) is 19.2 Å². The van der Waals surface area contributed by atoms with Gasteiger partial charge < -0.3 is 10.0 Å². The van der Waals surface area contributed by atoms with E-state index in [2.05, 4.69) is 0 Å². The molecule has 1 unspecified atom stereocenters. The minimum Gasteiger partial charge on any atom is -0.480 e. The van der Waals surface area contributed by atoms with Gasteiger partial charge in [-0.25, -0.2) is 4.79 Å². The Morgan fingerprint density at radius 2 is 2.00 bits per heavy atom. The fourth-order valence-electron chi connectivity index (χ4n) is 2.26. The van der Waals surface area contributed by atoms with Gasteiger partial charge in [-0.3, -0.25) is 14.5 Å². The SMILES string of the molecule is CC(C(=O)O)N1CCCC2=C1C(=O)N(C)C2=O. The van der Waals surface area contributed by atoms with Gasteiger partial charge in [0.1, 0.15) is 11.7 Å². The van der Waals surface area contributed by atoms with Gasteiger partial charge >= 0.3 is 5.97 Å². The van der Waals surface area contributed by atoms with Crippen LogP contribution < -0.4 is 0 Å². The van der Waals surface area contributed by atoms with E-state index in [1.165, 1.54) is 18.9 Å². The second-order valence-electron chi connectivity index (χ2n) is 4.31. The van der Waals surface area contributed by atoms with Crippen LogP contribution in [0.25, 0.3) is 0 Å². The maximum Gasteiger partial charge on any atom is 0.326 e. The van der Waals surface area contributed by atoms with Crippen molar-refractivity contribution in [3.63, 3.8) is 0 Å². The minimum atomic E-state index is -0.992. The number of carboxylic acids is 1. The lowest BCUT2D eigenvalue weighted by Crippen LogP contribution is -2.43. The maximum absolute atomic E-state index is 11.9. The largest absolute Gasteiger partial charge is 0.480 e. The molecule has 92 valence electrons. The van der Waals surface area contributed by atoms with E-state index in [1.807, 2.05) is 0 Å². The zero-order valence-corrected chi connectivity index (χ0v) is 9.77. The summed E-state index contributed by atoms with van der Waals surface area (Å²) >= 11 is 0. The van der Waals surface area contributed by atoms with Gasteiger partial charge in [-0.1, -0.05) is 0 Å². The zero-order valence-electron chi connectivity index (χ0n) is 9.77. The lowest BCUT2D eigenvalue weighted by atomic mass is 10.0. The highest BCUT2D eigenvalue weighted by Gasteiger charge is 2.42. The van der Waals surface area contributed by atoms with Gasteiger partial charge in [0.2, 0.25) is 0 Å². The monoisotopic (exact) mass is 238 g/mol. The lowest BCUT2D eigenvalue weighted by molar-refractivity contribution is -0.142. The first-order valence-electron chi connectivity index (χ1n) is 5.50. The summed E-state index contributed by atoms with van der Waals surface area (Å²) in [4.78, 5) is 37.2. The van der Waals surface area contributed by atoms with Crippen LogP contribution in [0.2, 0.25) is 0 Å². The first-order chi connectivity index (χ1) is 7.95. The van der Waals surface area contributed by atoms with Crippen LogP contribution in [-0.2, 0) is 14.4 Å². The van der Waals surface area contributed by atoms with E-state index >= 15 is 0 Å². The van der Waals surface area contributed by atoms with E-state index in [4.69, 9.17) is 5.11 Å². The molecular formula is C11H14N2O4. The third-order valence-electron chi connectivity index (χ3n) is 3.29. The van der Waals surface area contributed by atoms with Crippen LogP contribution in [0.3, 0.4) is 0 Å². The summed E-state index contributed by atoms with van der Waals surface area (Å²) in [6, 6.07) is -0.788. The molecule has 6 nitrogen and oxygen atoms in total. The fraction of sp³-hybridized carbons (Fsp3) is 0.545. The number of aliphatic carboxylic acids is 1. The van der Waals surface area contributed by atoms with E-state index < -0.39 is 17.9 Å². The zero-order chi connectivity index (χ0) is 12.7. The number of amides is 2. The third-order valence-corrected chi connectivity index (χ3v) is 3.29. The molecule has 0 saturated heterocycles. The first kappa shape index (κ1) is 11.6. The van der Waals surface area contributed by atoms with Gasteiger partial charge in [0.15, 0.2) is 0 Å². The second-order valence-corrected chi connectivity index (χ2v) is 4.31. The quantitative estimate of drug-likeness (QED) is 0.674. The summed E-state index contributed by atoms with van der Waals surface area (Å²) < 4.78 is 0.